The molecule has 3 nitrogen and oxygen atoms in total. The lowest BCUT2D eigenvalue weighted by atomic mass is 10.0. The summed E-state index contributed by atoms with van der Waals surface area (Å²) in [7, 11) is 0. The molecule has 1 unspecified atom stereocenters. The fourth-order valence-corrected chi connectivity index (χ4v) is 2.34. The van der Waals surface area contributed by atoms with Crippen molar-refractivity contribution in [3.63, 3.8) is 0 Å². The molecule has 22 heavy (non-hydrogen) atoms. The van der Waals surface area contributed by atoms with Crippen molar-refractivity contribution in [3.8, 4) is 5.75 Å². The van der Waals surface area contributed by atoms with Gasteiger partial charge in [-0.25, -0.2) is 4.79 Å². The molecule has 1 atom stereocenters. The van der Waals surface area contributed by atoms with Crippen LogP contribution >= 0.6 is 0 Å². The van der Waals surface area contributed by atoms with Crippen molar-refractivity contribution in [2.45, 2.75) is 39.2 Å². The van der Waals surface area contributed by atoms with Crippen LogP contribution in [0.1, 0.15) is 36.5 Å². The maximum Gasteiger partial charge on any atom is 0.345 e. The number of para-hydroxylation sites is 1. The van der Waals surface area contributed by atoms with Gasteiger partial charge in [-0.1, -0.05) is 61.9 Å². The van der Waals surface area contributed by atoms with Crippen molar-refractivity contribution in [2.75, 3.05) is 0 Å². The highest BCUT2D eigenvalue weighted by molar-refractivity contribution is 5.73. The summed E-state index contributed by atoms with van der Waals surface area (Å²) in [5.41, 5.74) is 3.14. The van der Waals surface area contributed by atoms with Gasteiger partial charge in [0.15, 0.2) is 6.10 Å². The Morgan fingerprint density at radius 3 is 2.32 bits per heavy atom. The Labute approximate surface area is 131 Å². The zero-order valence-corrected chi connectivity index (χ0v) is 13.2. The SMILES string of the molecule is Cc1ccc(CC(Oc2ccccc2C(C)C)C(=O)O)cc1. The molecule has 3 heteroatoms. The van der Waals surface area contributed by atoms with E-state index in [1.807, 2.05) is 55.5 Å². The quantitative estimate of drug-likeness (QED) is 0.869. The van der Waals surface area contributed by atoms with Crippen LogP contribution in [-0.2, 0) is 11.2 Å². The fourth-order valence-electron chi connectivity index (χ4n) is 2.34. The van der Waals surface area contributed by atoms with E-state index in [9.17, 15) is 9.90 Å². The van der Waals surface area contributed by atoms with Crippen LogP contribution in [0.4, 0.5) is 0 Å². The summed E-state index contributed by atoms with van der Waals surface area (Å²) >= 11 is 0. The Bertz CT molecular complexity index is 629. The minimum absolute atomic E-state index is 0.282. The summed E-state index contributed by atoms with van der Waals surface area (Å²) < 4.78 is 5.80. The number of carboxylic acid groups (broad SMARTS) is 1. The fraction of sp³-hybridized carbons (Fsp3) is 0.316. The Hall–Kier alpha value is -2.29. The van der Waals surface area contributed by atoms with Gasteiger partial charge in [-0.05, 0) is 30.0 Å². The summed E-state index contributed by atoms with van der Waals surface area (Å²) in [5.74, 6) is -0.0128. The van der Waals surface area contributed by atoms with E-state index in [1.165, 1.54) is 0 Å². The first kappa shape index (κ1) is 16.1. The smallest absolute Gasteiger partial charge is 0.345 e. The summed E-state index contributed by atoms with van der Waals surface area (Å²) in [5, 5.41) is 9.45. The van der Waals surface area contributed by atoms with Gasteiger partial charge in [0.05, 0.1) is 0 Å². The van der Waals surface area contributed by atoms with Gasteiger partial charge in [-0.2, -0.15) is 0 Å². The molecule has 0 radical (unpaired) electrons. The third kappa shape index (κ3) is 4.10. The van der Waals surface area contributed by atoms with Crippen molar-refractivity contribution >= 4 is 5.97 Å². The largest absolute Gasteiger partial charge is 0.478 e. The van der Waals surface area contributed by atoms with Crippen LogP contribution < -0.4 is 4.74 Å². The van der Waals surface area contributed by atoms with Crippen molar-refractivity contribution in [1.29, 1.82) is 0 Å². The minimum atomic E-state index is -0.945. The van der Waals surface area contributed by atoms with Gasteiger partial charge < -0.3 is 9.84 Å². The van der Waals surface area contributed by atoms with E-state index in [-0.39, 0.29) is 5.92 Å². The average molecular weight is 298 g/mol. The number of aliphatic carboxylic acids is 1. The van der Waals surface area contributed by atoms with E-state index < -0.39 is 12.1 Å². The number of rotatable bonds is 6. The van der Waals surface area contributed by atoms with Crippen molar-refractivity contribution in [3.05, 3.63) is 65.2 Å². The predicted molar refractivity (Wildman–Crippen MR) is 87.5 cm³/mol. The number of carbonyl (C=O) groups is 1. The number of hydrogen-bond acceptors (Lipinski definition) is 2. The van der Waals surface area contributed by atoms with Crippen LogP contribution in [0.3, 0.4) is 0 Å². The second-order valence-corrected chi connectivity index (χ2v) is 5.83. The van der Waals surface area contributed by atoms with Crippen LogP contribution in [0.5, 0.6) is 5.75 Å². The Morgan fingerprint density at radius 1 is 1.09 bits per heavy atom. The lowest BCUT2D eigenvalue weighted by Crippen LogP contribution is -2.29. The van der Waals surface area contributed by atoms with Crippen LogP contribution in [0.25, 0.3) is 0 Å². The molecule has 0 aromatic heterocycles. The third-order valence-corrected chi connectivity index (χ3v) is 3.63. The lowest BCUT2D eigenvalue weighted by Gasteiger charge is -2.19. The van der Waals surface area contributed by atoms with Crippen LogP contribution in [0, 0.1) is 6.92 Å². The first-order valence-corrected chi connectivity index (χ1v) is 7.51. The first-order valence-electron chi connectivity index (χ1n) is 7.51. The standard InChI is InChI=1S/C19H22O3/c1-13(2)16-6-4-5-7-17(16)22-18(19(20)21)12-15-10-8-14(3)9-11-15/h4-11,13,18H,12H2,1-3H3,(H,20,21). The van der Waals surface area contributed by atoms with Gasteiger partial charge in [0.2, 0.25) is 0 Å². The zero-order valence-electron chi connectivity index (χ0n) is 13.2. The van der Waals surface area contributed by atoms with E-state index in [0.29, 0.717) is 12.2 Å². The molecule has 2 aromatic rings. The summed E-state index contributed by atoms with van der Waals surface area (Å²) in [4.78, 5) is 11.5. The molecular weight excluding hydrogens is 276 g/mol. The second kappa shape index (κ2) is 7.12. The van der Waals surface area contributed by atoms with Gasteiger partial charge in [0.25, 0.3) is 0 Å². The Balaban J connectivity index is 2.19. The zero-order chi connectivity index (χ0) is 16.1. The Morgan fingerprint density at radius 2 is 1.73 bits per heavy atom. The monoisotopic (exact) mass is 298 g/mol. The molecule has 0 aliphatic rings. The van der Waals surface area contributed by atoms with Crippen molar-refractivity contribution < 1.29 is 14.6 Å². The molecule has 0 heterocycles. The topological polar surface area (TPSA) is 46.5 Å². The molecule has 0 fully saturated rings. The average Bonchev–Trinajstić information content (AvgIpc) is 2.49. The molecule has 0 spiro atoms. The molecule has 0 bridgehead atoms. The maximum absolute atomic E-state index is 11.5. The van der Waals surface area contributed by atoms with Crippen LogP contribution in [0.2, 0.25) is 0 Å². The number of hydrogen-bond donors (Lipinski definition) is 1. The molecule has 0 saturated heterocycles. The first-order chi connectivity index (χ1) is 10.5. The molecule has 0 aliphatic carbocycles. The number of ether oxygens (including phenoxy) is 1. The summed E-state index contributed by atoms with van der Waals surface area (Å²) in [6, 6.07) is 15.5. The molecule has 2 aromatic carbocycles. The van der Waals surface area contributed by atoms with Gasteiger partial charge in [0.1, 0.15) is 5.75 Å². The molecule has 0 saturated carbocycles. The van der Waals surface area contributed by atoms with E-state index >= 15 is 0 Å². The van der Waals surface area contributed by atoms with E-state index in [0.717, 1.165) is 16.7 Å². The molecular formula is C19H22O3. The van der Waals surface area contributed by atoms with Gasteiger partial charge in [-0.3, -0.25) is 0 Å². The number of aryl methyl sites for hydroxylation is 1. The predicted octanol–water partition coefficient (Wildman–Crippen LogP) is 4.19. The second-order valence-electron chi connectivity index (χ2n) is 5.83. The van der Waals surface area contributed by atoms with Crippen LogP contribution in [-0.4, -0.2) is 17.2 Å². The lowest BCUT2D eigenvalue weighted by molar-refractivity contribution is -0.145. The minimum Gasteiger partial charge on any atom is -0.478 e. The van der Waals surface area contributed by atoms with Gasteiger partial charge >= 0.3 is 5.97 Å². The van der Waals surface area contributed by atoms with Crippen molar-refractivity contribution in [1.82, 2.24) is 0 Å². The third-order valence-electron chi connectivity index (χ3n) is 3.63. The highest BCUT2D eigenvalue weighted by Gasteiger charge is 2.21. The van der Waals surface area contributed by atoms with Gasteiger partial charge in [0, 0.05) is 6.42 Å². The van der Waals surface area contributed by atoms with E-state index in [1.54, 1.807) is 0 Å². The van der Waals surface area contributed by atoms with E-state index in [4.69, 9.17) is 4.74 Å². The molecule has 0 aliphatic heterocycles. The summed E-state index contributed by atoms with van der Waals surface area (Å²) in [6.07, 6.45) is -0.537. The molecule has 0 amide bonds. The van der Waals surface area contributed by atoms with Gasteiger partial charge in [-0.15, -0.1) is 0 Å². The maximum atomic E-state index is 11.5. The van der Waals surface area contributed by atoms with Crippen LogP contribution in [0.15, 0.2) is 48.5 Å². The molecule has 1 N–H and O–H groups in total. The summed E-state index contributed by atoms with van der Waals surface area (Å²) in [6.45, 7) is 6.14. The molecule has 116 valence electrons. The van der Waals surface area contributed by atoms with E-state index in [2.05, 4.69) is 13.8 Å². The Kier molecular flexibility index (Phi) is 5.21. The highest BCUT2D eigenvalue weighted by Crippen LogP contribution is 2.27. The van der Waals surface area contributed by atoms with Crippen molar-refractivity contribution in [2.24, 2.45) is 0 Å². The number of benzene rings is 2. The highest BCUT2D eigenvalue weighted by atomic mass is 16.5. The molecule has 2 rings (SSSR count). The normalized spacial score (nSPS) is 12.2. The number of carboxylic acids is 1.